The molecule has 3 heteroatoms. The number of methoxy groups -OCH3 is 1. The molecule has 0 aromatic heterocycles. The molecule has 0 atom stereocenters. The Bertz CT molecular complexity index is 187. The van der Waals surface area contributed by atoms with Gasteiger partial charge in [-0.3, -0.25) is 4.79 Å². The largest absolute Gasteiger partial charge is 0.471 e. The summed E-state index contributed by atoms with van der Waals surface area (Å²) >= 11 is 0. The Labute approximate surface area is 64.6 Å². The van der Waals surface area contributed by atoms with Crippen LogP contribution in [0.1, 0.15) is 0 Å². The molecule has 0 radical (unpaired) electrons. The number of benzene rings is 1. The molecule has 11 heavy (non-hydrogen) atoms. The Hall–Kier alpha value is -1.38. The second-order valence-corrected chi connectivity index (χ2v) is 1.63. The molecule has 0 spiro atoms. The summed E-state index contributed by atoms with van der Waals surface area (Å²) in [5, 5.41) is 0. The summed E-state index contributed by atoms with van der Waals surface area (Å²) in [4.78, 5) is 8.95. The zero-order valence-electron chi connectivity index (χ0n) is 6.16. The maximum Gasteiger partial charge on any atom is 0.292 e. The van der Waals surface area contributed by atoms with Gasteiger partial charge >= 0.3 is 0 Å². The second kappa shape index (κ2) is 6.74. The van der Waals surface area contributed by atoms with E-state index in [2.05, 4.69) is 4.74 Å². The first-order valence-corrected chi connectivity index (χ1v) is 2.98. The highest BCUT2D eigenvalue weighted by Crippen LogP contribution is 1.91. The van der Waals surface area contributed by atoms with Gasteiger partial charge < -0.3 is 4.74 Å². The fourth-order valence-electron chi connectivity index (χ4n) is 0.415. The van der Waals surface area contributed by atoms with E-state index in [1.807, 2.05) is 0 Å². The number of rotatable bonds is 1. The van der Waals surface area contributed by atoms with Crippen molar-refractivity contribution in [2.75, 3.05) is 7.11 Å². The van der Waals surface area contributed by atoms with Gasteiger partial charge in [0, 0.05) is 0 Å². The number of ether oxygens (including phenoxy) is 1. The van der Waals surface area contributed by atoms with Crippen LogP contribution in [0.5, 0.6) is 0 Å². The maximum absolute atomic E-state index is 11.9. The van der Waals surface area contributed by atoms with Gasteiger partial charge in [-0.05, 0) is 12.1 Å². The van der Waals surface area contributed by atoms with E-state index in [0.29, 0.717) is 6.47 Å². The predicted molar refractivity (Wildman–Crippen MR) is 39.5 cm³/mol. The quantitative estimate of drug-likeness (QED) is 0.577. The average Bonchev–Trinajstić information content (AvgIpc) is 2.07. The minimum atomic E-state index is -0.178. The van der Waals surface area contributed by atoms with Gasteiger partial charge in [0.1, 0.15) is 5.82 Å². The molecule has 0 aliphatic heterocycles. The van der Waals surface area contributed by atoms with Gasteiger partial charge in [-0.1, -0.05) is 18.2 Å². The molecule has 0 saturated carbocycles. The van der Waals surface area contributed by atoms with Crippen LogP contribution in [0.3, 0.4) is 0 Å². The van der Waals surface area contributed by atoms with E-state index in [0.717, 1.165) is 0 Å². The highest BCUT2D eigenvalue weighted by atomic mass is 19.1. The van der Waals surface area contributed by atoms with Crippen LogP contribution < -0.4 is 0 Å². The summed E-state index contributed by atoms with van der Waals surface area (Å²) in [6.07, 6.45) is 0. The Kier molecular flexibility index (Phi) is 5.89. The first-order chi connectivity index (χ1) is 5.31. The van der Waals surface area contributed by atoms with Crippen LogP contribution in [0.2, 0.25) is 0 Å². The molecule has 0 bridgehead atoms. The number of hydrogen-bond donors (Lipinski definition) is 0. The van der Waals surface area contributed by atoms with Gasteiger partial charge in [0.25, 0.3) is 6.47 Å². The Morgan fingerprint density at radius 2 is 1.82 bits per heavy atom. The molecule has 0 aliphatic rings. The average molecular weight is 156 g/mol. The van der Waals surface area contributed by atoms with E-state index >= 15 is 0 Å². The van der Waals surface area contributed by atoms with Crippen molar-refractivity contribution in [2.45, 2.75) is 0 Å². The molecule has 1 aromatic carbocycles. The van der Waals surface area contributed by atoms with Crippen molar-refractivity contribution in [3.63, 3.8) is 0 Å². The van der Waals surface area contributed by atoms with Crippen LogP contribution in [0.15, 0.2) is 30.3 Å². The van der Waals surface area contributed by atoms with Gasteiger partial charge in [0.2, 0.25) is 0 Å². The van der Waals surface area contributed by atoms with Gasteiger partial charge in [-0.2, -0.15) is 0 Å². The fraction of sp³-hybridized carbons (Fsp3) is 0.125. The zero-order valence-corrected chi connectivity index (χ0v) is 6.16. The van der Waals surface area contributed by atoms with Crippen molar-refractivity contribution in [3.05, 3.63) is 36.1 Å². The smallest absolute Gasteiger partial charge is 0.292 e. The zero-order chi connectivity index (χ0) is 8.53. The lowest BCUT2D eigenvalue weighted by atomic mass is 10.4. The molecule has 0 fully saturated rings. The SMILES string of the molecule is COC=O.Fc1ccccc1. The van der Waals surface area contributed by atoms with Gasteiger partial charge in [-0.25, -0.2) is 4.39 Å². The number of carbonyl (C=O) groups is 1. The second-order valence-electron chi connectivity index (χ2n) is 1.63. The molecule has 60 valence electrons. The van der Waals surface area contributed by atoms with Crippen LogP contribution in [0.25, 0.3) is 0 Å². The van der Waals surface area contributed by atoms with E-state index in [4.69, 9.17) is 4.79 Å². The van der Waals surface area contributed by atoms with Crippen molar-refractivity contribution in [2.24, 2.45) is 0 Å². The lowest BCUT2D eigenvalue weighted by Gasteiger charge is -1.78. The van der Waals surface area contributed by atoms with Gasteiger partial charge in [0.05, 0.1) is 7.11 Å². The molecule has 0 saturated heterocycles. The van der Waals surface area contributed by atoms with Crippen LogP contribution in [-0.2, 0) is 9.53 Å². The summed E-state index contributed by atoms with van der Waals surface area (Å²) in [5.41, 5.74) is 0. The van der Waals surface area contributed by atoms with Crippen LogP contribution in [-0.4, -0.2) is 13.6 Å². The van der Waals surface area contributed by atoms with Gasteiger partial charge in [0.15, 0.2) is 0 Å². The summed E-state index contributed by atoms with van der Waals surface area (Å²) in [6.45, 7) is 0.375. The summed E-state index contributed by atoms with van der Waals surface area (Å²) in [6, 6.07) is 7.94. The van der Waals surface area contributed by atoms with Crippen LogP contribution in [0.4, 0.5) is 4.39 Å². The molecular formula is C8H9FO2. The lowest BCUT2D eigenvalue weighted by Crippen LogP contribution is -1.68. The minimum Gasteiger partial charge on any atom is -0.471 e. The molecule has 1 rings (SSSR count). The van der Waals surface area contributed by atoms with E-state index < -0.39 is 0 Å². The topological polar surface area (TPSA) is 26.3 Å². The molecule has 0 N–H and O–H groups in total. The number of carbonyl (C=O) groups excluding carboxylic acids is 1. The first kappa shape index (κ1) is 9.62. The van der Waals surface area contributed by atoms with Crippen molar-refractivity contribution < 1.29 is 13.9 Å². The van der Waals surface area contributed by atoms with Crippen molar-refractivity contribution in [3.8, 4) is 0 Å². The van der Waals surface area contributed by atoms with E-state index in [1.54, 1.807) is 18.2 Å². The summed E-state index contributed by atoms with van der Waals surface area (Å²) in [5.74, 6) is -0.178. The summed E-state index contributed by atoms with van der Waals surface area (Å²) in [7, 11) is 1.31. The van der Waals surface area contributed by atoms with E-state index in [9.17, 15) is 4.39 Å². The first-order valence-electron chi connectivity index (χ1n) is 2.98. The van der Waals surface area contributed by atoms with E-state index in [1.165, 1.54) is 19.2 Å². The fourth-order valence-corrected chi connectivity index (χ4v) is 0.415. The number of hydrogen-bond acceptors (Lipinski definition) is 2. The molecule has 1 aromatic rings. The molecular weight excluding hydrogens is 147 g/mol. The van der Waals surface area contributed by atoms with Crippen LogP contribution >= 0.6 is 0 Å². The third-order valence-electron chi connectivity index (χ3n) is 0.829. The van der Waals surface area contributed by atoms with Crippen LogP contribution in [0, 0.1) is 5.82 Å². The predicted octanol–water partition coefficient (Wildman–Crippen LogP) is 1.61. The Morgan fingerprint density at radius 1 is 1.36 bits per heavy atom. The standard InChI is InChI=1S/C6H5F.C2H4O2/c7-6-4-2-1-3-5-6;1-4-2-3/h1-5H;2H,1H3. The molecule has 2 nitrogen and oxygen atoms in total. The van der Waals surface area contributed by atoms with Gasteiger partial charge in [-0.15, -0.1) is 0 Å². The number of halogens is 1. The third-order valence-corrected chi connectivity index (χ3v) is 0.829. The van der Waals surface area contributed by atoms with E-state index in [-0.39, 0.29) is 5.82 Å². The third kappa shape index (κ3) is 6.51. The highest BCUT2D eigenvalue weighted by molar-refractivity contribution is 5.36. The molecule has 0 amide bonds. The summed E-state index contributed by atoms with van der Waals surface area (Å²) < 4.78 is 15.8. The monoisotopic (exact) mass is 156 g/mol. The molecule has 0 unspecified atom stereocenters. The Balaban J connectivity index is 0.000000218. The Morgan fingerprint density at radius 3 is 2.00 bits per heavy atom. The lowest BCUT2D eigenvalue weighted by molar-refractivity contribution is -0.126. The molecule has 0 heterocycles. The highest BCUT2D eigenvalue weighted by Gasteiger charge is 1.77. The van der Waals surface area contributed by atoms with Crippen molar-refractivity contribution in [1.29, 1.82) is 0 Å². The minimum absolute atomic E-state index is 0.178. The van der Waals surface area contributed by atoms with Crippen molar-refractivity contribution in [1.82, 2.24) is 0 Å². The normalized spacial score (nSPS) is 7.45. The molecule has 0 aliphatic carbocycles. The maximum atomic E-state index is 11.9. The van der Waals surface area contributed by atoms with Crippen molar-refractivity contribution >= 4 is 6.47 Å².